The van der Waals surface area contributed by atoms with Gasteiger partial charge in [0, 0.05) is 7.05 Å². The lowest BCUT2D eigenvalue weighted by atomic mass is 9.99. The predicted octanol–water partition coefficient (Wildman–Crippen LogP) is -0.273. The van der Waals surface area contributed by atoms with Gasteiger partial charge in [-0.15, -0.1) is 0 Å². The van der Waals surface area contributed by atoms with Crippen LogP contribution < -0.4 is 5.32 Å². The molecule has 1 unspecified atom stereocenters. The van der Waals surface area contributed by atoms with Crippen molar-refractivity contribution in [2.45, 2.75) is 25.8 Å². The van der Waals surface area contributed by atoms with Crippen molar-refractivity contribution in [2.24, 2.45) is 0 Å². The molecule has 1 aliphatic rings. The number of carbonyl (C=O) groups excluding carboxylic acids is 3. The molecular weight excluding hydrogens is 226 g/mol. The van der Waals surface area contributed by atoms with E-state index in [1.165, 1.54) is 14.2 Å². The second-order valence-electron chi connectivity index (χ2n) is 4.08. The molecule has 1 saturated heterocycles. The quantitative estimate of drug-likeness (QED) is 0.544. The van der Waals surface area contributed by atoms with Crippen molar-refractivity contribution in [3.63, 3.8) is 0 Å². The largest absolute Gasteiger partial charge is 0.325 e. The van der Waals surface area contributed by atoms with Crippen molar-refractivity contribution < 1.29 is 19.2 Å². The minimum atomic E-state index is -0.914. The summed E-state index contributed by atoms with van der Waals surface area (Å²) in [4.78, 5) is 40.7. The lowest BCUT2D eigenvalue weighted by Gasteiger charge is -2.20. The van der Waals surface area contributed by atoms with Crippen molar-refractivity contribution in [2.75, 3.05) is 20.7 Å². The molecule has 4 amide bonds. The molecule has 7 heteroatoms. The molecule has 0 aliphatic carbocycles. The minimum Gasteiger partial charge on any atom is -0.323 e. The van der Waals surface area contributed by atoms with Crippen LogP contribution in [0.2, 0.25) is 0 Å². The highest BCUT2D eigenvalue weighted by molar-refractivity contribution is 6.08. The molecule has 0 saturated carbocycles. The third-order valence-corrected chi connectivity index (χ3v) is 2.97. The van der Waals surface area contributed by atoms with E-state index in [1.807, 2.05) is 0 Å². The third-order valence-electron chi connectivity index (χ3n) is 2.97. The summed E-state index contributed by atoms with van der Waals surface area (Å²) < 4.78 is 0. The molecule has 1 atom stereocenters. The molecule has 1 fully saturated rings. The van der Waals surface area contributed by atoms with Gasteiger partial charge >= 0.3 is 6.03 Å². The molecule has 0 spiro atoms. The monoisotopic (exact) mass is 243 g/mol. The molecule has 0 radical (unpaired) electrons. The van der Waals surface area contributed by atoms with E-state index >= 15 is 0 Å². The highest BCUT2D eigenvalue weighted by Crippen LogP contribution is 2.20. The Balaban J connectivity index is 2.77. The molecule has 96 valence electrons. The number of likely N-dealkylation sites (N-methyl/N-ethyl adjacent to an activating group) is 1. The molecule has 1 rings (SSSR count). The summed E-state index contributed by atoms with van der Waals surface area (Å²) in [6.45, 7) is 3.12. The zero-order valence-corrected chi connectivity index (χ0v) is 10.4. The number of nitrogens with one attached hydrogen (secondary N) is 1. The van der Waals surface area contributed by atoms with Crippen molar-refractivity contribution in [1.29, 1.82) is 0 Å². The van der Waals surface area contributed by atoms with Crippen LogP contribution in [-0.2, 0) is 14.4 Å². The maximum Gasteiger partial charge on any atom is 0.325 e. The summed E-state index contributed by atoms with van der Waals surface area (Å²) in [6, 6.07) is -0.544. The second kappa shape index (κ2) is 4.70. The van der Waals surface area contributed by atoms with Gasteiger partial charge in [0.15, 0.2) is 0 Å². The van der Waals surface area contributed by atoms with E-state index in [0.717, 1.165) is 9.96 Å². The summed E-state index contributed by atoms with van der Waals surface area (Å²) in [7, 11) is 2.75. The van der Waals surface area contributed by atoms with E-state index < -0.39 is 17.5 Å². The van der Waals surface area contributed by atoms with E-state index in [0.29, 0.717) is 6.42 Å². The molecular formula is C10H17N3O4. The zero-order chi connectivity index (χ0) is 13.2. The fraction of sp³-hybridized carbons (Fsp3) is 0.700. The zero-order valence-electron chi connectivity index (χ0n) is 10.4. The molecule has 1 N–H and O–H groups in total. The van der Waals surface area contributed by atoms with Gasteiger partial charge in [0.1, 0.15) is 12.1 Å². The van der Waals surface area contributed by atoms with E-state index in [2.05, 4.69) is 10.2 Å². The lowest BCUT2D eigenvalue weighted by Crippen LogP contribution is -2.44. The standard InChI is InChI=1S/C10H17N3O4/c1-5-10(2)8(15)13(9(16)11-10)6-7(14)12(3)17-4/h5-6H2,1-4H3,(H,11,16). The average molecular weight is 243 g/mol. The van der Waals surface area contributed by atoms with Gasteiger partial charge in [-0.1, -0.05) is 6.92 Å². The van der Waals surface area contributed by atoms with Crippen LogP contribution in [0.25, 0.3) is 0 Å². The van der Waals surface area contributed by atoms with Crippen molar-refractivity contribution >= 4 is 17.8 Å². The Morgan fingerprint density at radius 1 is 1.53 bits per heavy atom. The summed E-state index contributed by atoms with van der Waals surface area (Å²) >= 11 is 0. The highest BCUT2D eigenvalue weighted by Gasteiger charge is 2.47. The SMILES string of the molecule is CCC1(C)NC(=O)N(CC(=O)N(C)OC)C1=O. The Bertz CT molecular complexity index is 357. The Morgan fingerprint density at radius 2 is 2.12 bits per heavy atom. The van der Waals surface area contributed by atoms with Gasteiger partial charge in [-0.25, -0.2) is 9.86 Å². The number of amides is 4. The molecule has 7 nitrogen and oxygen atoms in total. The van der Waals surface area contributed by atoms with Gasteiger partial charge in [0.2, 0.25) is 0 Å². The maximum absolute atomic E-state index is 11.9. The van der Waals surface area contributed by atoms with Gasteiger partial charge in [-0.2, -0.15) is 0 Å². The number of hydrogen-bond acceptors (Lipinski definition) is 4. The number of nitrogens with zero attached hydrogens (tertiary/aromatic N) is 2. The van der Waals surface area contributed by atoms with Crippen molar-refractivity contribution in [3.8, 4) is 0 Å². The molecule has 0 aromatic rings. The van der Waals surface area contributed by atoms with E-state index in [-0.39, 0.29) is 12.5 Å². The fourth-order valence-electron chi connectivity index (χ4n) is 1.47. The van der Waals surface area contributed by atoms with Gasteiger partial charge in [-0.05, 0) is 13.3 Å². The Labute approximate surface area is 99.6 Å². The second-order valence-corrected chi connectivity index (χ2v) is 4.08. The van der Waals surface area contributed by atoms with Crippen LogP contribution >= 0.6 is 0 Å². The summed E-state index contributed by atoms with van der Waals surface area (Å²) in [5.41, 5.74) is -0.914. The first kappa shape index (κ1) is 13.4. The van der Waals surface area contributed by atoms with Gasteiger partial charge in [0.25, 0.3) is 11.8 Å². The first-order valence-corrected chi connectivity index (χ1v) is 5.30. The summed E-state index contributed by atoms with van der Waals surface area (Å²) in [6.07, 6.45) is 0.475. The topological polar surface area (TPSA) is 79.0 Å². The van der Waals surface area contributed by atoms with Crippen molar-refractivity contribution in [3.05, 3.63) is 0 Å². The smallest absolute Gasteiger partial charge is 0.323 e. The molecule has 0 aromatic carbocycles. The Hall–Kier alpha value is -1.63. The highest BCUT2D eigenvalue weighted by atomic mass is 16.7. The van der Waals surface area contributed by atoms with Crippen LogP contribution in [0.3, 0.4) is 0 Å². The van der Waals surface area contributed by atoms with Crippen LogP contribution in [0.4, 0.5) is 4.79 Å². The summed E-state index contributed by atoms with van der Waals surface area (Å²) in [5.74, 6) is -0.848. The normalized spacial score (nSPS) is 23.9. The minimum absolute atomic E-state index is 0.315. The summed E-state index contributed by atoms with van der Waals surface area (Å²) in [5, 5.41) is 3.54. The predicted molar refractivity (Wildman–Crippen MR) is 58.7 cm³/mol. The molecule has 17 heavy (non-hydrogen) atoms. The molecule has 1 heterocycles. The van der Waals surface area contributed by atoms with E-state index in [9.17, 15) is 14.4 Å². The van der Waals surface area contributed by atoms with Crippen LogP contribution in [0.1, 0.15) is 20.3 Å². The Kier molecular flexibility index (Phi) is 3.72. The van der Waals surface area contributed by atoms with Crippen molar-refractivity contribution in [1.82, 2.24) is 15.3 Å². The number of hydrogen-bond donors (Lipinski definition) is 1. The number of urea groups is 1. The maximum atomic E-state index is 11.9. The first-order valence-electron chi connectivity index (χ1n) is 5.30. The van der Waals surface area contributed by atoms with Gasteiger partial charge in [0.05, 0.1) is 7.11 Å². The fourth-order valence-corrected chi connectivity index (χ4v) is 1.47. The van der Waals surface area contributed by atoms with Crippen LogP contribution in [0, 0.1) is 0 Å². The first-order chi connectivity index (χ1) is 7.85. The van der Waals surface area contributed by atoms with E-state index in [4.69, 9.17) is 0 Å². The van der Waals surface area contributed by atoms with E-state index in [1.54, 1.807) is 13.8 Å². The van der Waals surface area contributed by atoms with Gasteiger partial charge < -0.3 is 5.32 Å². The molecule has 0 bridgehead atoms. The lowest BCUT2D eigenvalue weighted by molar-refractivity contribution is -0.170. The molecule has 0 aromatic heterocycles. The van der Waals surface area contributed by atoms with Gasteiger partial charge in [-0.3, -0.25) is 19.3 Å². The number of imide groups is 1. The Morgan fingerprint density at radius 3 is 2.53 bits per heavy atom. The van der Waals surface area contributed by atoms with Crippen LogP contribution in [0.15, 0.2) is 0 Å². The van der Waals surface area contributed by atoms with Crippen LogP contribution in [0.5, 0.6) is 0 Å². The third kappa shape index (κ3) is 2.38. The number of carbonyl (C=O) groups is 3. The van der Waals surface area contributed by atoms with Crippen LogP contribution in [-0.4, -0.2) is 54.0 Å². The number of hydroxylamine groups is 2. The molecule has 1 aliphatic heterocycles. The number of rotatable bonds is 4. The average Bonchev–Trinajstić information content (AvgIpc) is 2.52.